The van der Waals surface area contributed by atoms with E-state index in [2.05, 4.69) is 4.90 Å². The van der Waals surface area contributed by atoms with Crippen molar-refractivity contribution in [1.29, 1.82) is 0 Å². The number of ether oxygens (including phenoxy) is 1. The molecule has 2 aromatic rings. The highest BCUT2D eigenvalue weighted by molar-refractivity contribution is 7.92. The number of piperidine rings is 1. The summed E-state index contributed by atoms with van der Waals surface area (Å²) in [4.78, 5) is 40.3. The lowest BCUT2D eigenvalue weighted by molar-refractivity contribution is -0.141. The van der Waals surface area contributed by atoms with Gasteiger partial charge in [0.25, 0.3) is 5.91 Å². The van der Waals surface area contributed by atoms with E-state index in [1.54, 1.807) is 0 Å². The molecule has 212 valence electrons. The molecule has 1 aliphatic carbocycles. The highest BCUT2D eigenvalue weighted by atomic mass is 35.5. The Bertz CT molecular complexity index is 1350. The van der Waals surface area contributed by atoms with Crippen molar-refractivity contribution in [3.05, 3.63) is 51.6 Å². The maximum Gasteiger partial charge on any atom is 0.349 e. The number of rotatable bonds is 9. The Morgan fingerprint density at radius 1 is 1.13 bits per heavy atom. The fourth-order valence-electron chi connectivity index (χ4n) is 5.38. The van der Waals surface area contributed by atoms with Crippen LogP contribution in [0.1, 0.15) is 65.0 Å². The van der Waals surface area contributed by atoms with Crippen LogP contribution in [0.15, 0.2) is 34.5 Å². The molecule has 2 fully saturated rings. The number of likely N-dealkylation sites (tertiary alicyclic amines) is 1. The normalized spacial score (nSPS) is 22.9. The van der Waals surface area contributed by atoms with Gasteiger partial charge in [-0.05, 0) is 101 Å². The second-order valence-corrected chi connectivity index (χ2v) is 14.2. The second-order valence-electron chi connectivity index (χ2n) is 10.5. The first-order valence-electron chi connectivity index (χ1n) is 12.9. The van der Waals surface area contributed by atoms with Gasteiger partial charge in [-0.25, -0.2) is 17.6 Å². The molecule has 1 amide bonds. The molecule has 1 aromatic carbocycles. The predicted molar refractivity (Wildman–Crippen MR) is 146 cm³/mol. The topological polar surface area (TPSA) is 124 Å². The Hall–Kier alpha value is -2.34. The number of Topliss-reactive ketones (excluding diaryl/α,β-unsaturated/α-hetero) is 1. The molecule has 1 aromatic heterocycles. The van der Waals surface area contributed by atoms with Crippen molar-refractivity contribution in [3.8, 4) is 0 Å². The highest BCUT2D eigenvalue weighted by Crippen LogP contribution is 2.38. The van der Waals surface area contributed by atoms with Crippen molar-refractivity contribution in [1.82, 2.24) is 4.90 Å². The average molecular weight is 599 g/mol. The van der Waals surface area contributed by atoms with Gasteiger partial charge >= 0.3 is 5.97 Å². The van der Waals surface area contributed by atoms with Crippen LogP contribution in [0.25, 0.3) is 0 Å². The molecule has 1 aliphatic heterocycles. The smallest absolute Gasteiger partial charge is 0.349 e. The molecule has 4 rings (SSSR count). The van der Waals surface area contributed by atoms with Gasteiger partial charge in [0.15, 0.2) is 21.2 Å². The van der Waals surface area contributed by atoms with E-state index in [0.717, 1.165) is 43.6 Å². The minimum absolute atomic E-state index is 0.0423. The average Bonchev–Trinajstić information content (AvgIpc) is 3.40. The first-order valence-corrected chi connectivity index (χ1v) is 16.0. The third-order valence-electron chi connectivity index (χ3n) is 7.81. The number of sulfone groups is 1. The van der Waals surface area contributed by atoms with Crippen LogP contribution in [0.4, 0.5) is 4.39 Å². The lowest BCUT2D eigenvalue weighted by Crippen LogP contribution is -2.50. The van der Waals surface area contributed by atoms with Crippen molar-refractivity contribution >= 4 is 50.4 Å². The number of halogens is 2. The van der Waals surface area contributed by atoms with Gasteiger partial charge in [0, 0.05) is 17.7 Å². The molecule has 0 spiro atoms. The molecular weight excluding hydrogens is 567 g/mol. The summed E-state index contributed by atoms with van der Waals surface area (Å²) in [7, 11) is -3.45. The zero-order chi connectivity index (χ0) is 28.4. The predicted octanol–water partition coefficient (Wildman–Crippen LogP) is 4.50. The summed E-state index contributed by atoms with van der Waals surface area (Å²) in [6, 6.07) is 6.60. The van der Waals surface area contributed by atoms with E-state index in [1.807, 2.05) is 0 Å². The van der Waals surface area contributed by atoms with Crippen LogP contribution in [0, 0.1) is 17.7 Å². The minimum atomic E-state index is -3.45. The fourth-order valence-corrected chi connectivity index (χ4v) is 7.45. The first kappa shape index (κ1) is 29.6. The van der Waals surface area contributed by atoms with E-state index in [9.17, 15) is 27.2 Å². The maximum absolute atomic E-state index is 13.3. The summed E-state index contributed by atoms with van der Waals surface area (Å²) in [6.07, 6.45) is 5.37. The first-order chi connectivity index (χ1) is 18.4. The summed E-state index contributed by atoms with van der Waals surface area (Å²) >= 11 is 6.88. The zero-order valence-corrected chi connectivity index (χ0v) is 24.0. The van der Waals surface area contributed by atoms with Crippen molar-refractivity contribution in [2.75, 3.05) is 25.9 Å². The number of nitrogens with two attached hydrogens (primary N) is 1. The number of ketones is 1. The summed E-state index contributed by atoms with van der Waals surface area (Å²) in [5, 5.41) is 0.145. The van der Waals surface area contributed by atoms with Crippen molar-refractivity contribution in [2.45, 2.75) is 54.8 Å². The standard InChI is InChI=1S/C27H32ClFN2O6S2/c1-39(35,36)23-5-4-22(38-23)25(33)37-27(26(30)34)11-6-17(7-12-27)8-13-31-14-9-18(10-15-31)24(32)20-3-2-19(29)16-21(20)28/h2-5,16-18H,6-15H2,1H3,(H2,30,34). The van der Waals surface area contributed by atoms with Crippen LogP contribution in [0.5, 0.6) is 0 Å². The Morgan fingerprint density at radius 3 is 2.36 bits per heavy atom. The highest BCUT2D eigenvalue weighted by Gasteiger charge is 2.44. The van der Waals surface area contributed by atoms with Crippen LogP contribution in [-0.2, 0) is 19.4 Å². The number of amides is 1. The minimum Gasteiger partial charge on any atom is -0.445 e. The number of primary amides is 1. The summed E-state index contributed by atoms with van der Waals surface area (Å²) in [5.41, 5.74) is 4.63. The Balaban J connectivity index is 1.25. The second kappa shape index (κ2) is 12.0. The largest absolute Gasteiger partial charge is 0.445 e. The molecular formula is C27H32ClFN2O6S2. The monoisotopic (exact) mass is 598 g/mol. The van der Waals surface area contributed by atoms with Gasteiger partial charge in [0.05, 0.1) is 5.02 Å². The van der Waals surface area contributed by atoms with Crippen LogP contribution >= 0.6 is 22.9 Å². The molecule has 8 nitrogen and oxygen atoms in total. The lowest BCUT2D eigenvalue weighted by Gasteiger charge is -2.38. The molecule has 0 unspecified atom stereocenters. The van der Waals surface area contributed by atoms with Gasteiger partial charge in [-0.1, -0.05) is 11.6 Å². The molecule has 2 N–H and O–H groups in total. The van der Waals surface area contributed by atoms with Gasteiger partial charge in [0.1, 0.15) is 14.9 Å². The van der Waals surface area contributed by atoms with Crippen LogP contribution in [-0.4, -0.2) is 62.5 Å². The Labute approximate surface area is 236 Å². The van der Waals surface area contributed by atoms with Gasteiger partial charge in [-0.2, -0.15) is 0 Å². The third kappa shape index (κ3) is 7.06. The Kier molecular flexibility index (Phi) is 9.15. The van der Waals surface area contributed by atoms with E-state index in [4.69, 9.17) is 22.1 Å². The molecule has 0 atom stereocenters. The zero-order valence-electron chi connectivity index (χ0n) is 21.7. The molecule has 2 heterocycles. The van der Waals surface area contributed by atoms with E-state index >= 15 is 0 Å². The van der Waals surface area contributed by atoms with E-state index in [1.165, 1.54) is 30.3 Å². The molecule has 0 radical (unpaired) electrons. The van der Waals surface area contributed by atoms with Crippen molar-refractivity contribution in [3.63, 3.8) is 0 Å². The van der Waals surface area contributed by atoms with Crippen molar-refractivity contribution < 1.29 is 31.9 Å². The van der Waals surface area contributed by atoms with Gasteiger partial charge < -0.3 is 15.4 Å². The summed E-state index contributed by atoms with van der Waals surface area (Å²) in [6.45, 7) is 2.41. The third-order valence-corrected chi connectivity index (χ3v) is 11.0. The number of hydrogen-bond donors (Lipinski definition) is 1. The number of carbonyl (C=O) groups excluding carboxylic acids is 3. The molecule has 1 saturated heterocycles. The molecule has 12 heteroatoms. The number of benzene rings is 1. The molecule has 1 saturated carbocycles. The number of esters is 1. The van der Waals surface area contributed by atoms with Crippen molar-refractivity contribution in [2.24, 2.45) is 17.6 Å². The summed E-state index contributed by atoms with van der Waals surface area (Å²) < 4.78 is 42.4. The molecule has 0 bridgehead atoms. The number of thiophene rings is 1. The van der Waals surface area contributed by atoms with E-state index in [0.29, 0.717) is 50.0 Å². The van der Waals surface area contributed by atoms with Crippen LogP contribution in [0.3, 0.4) is 0 Å². The van der Waals surface area contributed by atoms with E-state index < -0.39 is 33.1 Å². The van der Waals surface area contributed by atoms with E-state index in [-0.39, 0.29) is 25.8 Å². The molecule has 2 aliphatic rings. The molecule has 39 heavy (non-hydrogen) atoms. The fraction of sp³-hybridized carbons (Fsp3) is 0.519. The van der Waals surface area contributed by atoms with Crippen LogP contribution in [0.2, 0.25) is 5.02 Å². The maximum atomic E-state index is 13.3. The number of hydrogen-bond acceptors (Lipinski definition) is 8. The van der Waals surface area contributed by atoms with Gasteiger partial charge in [0.2, 0.25) is 0 Å². The Morgan fingerprint density at radius 2 is 1.79 bits per heavy atom. The number of nitrogens with zero attached hydrogens (tertiary/aromatic N) is 1. The van der Waals surface area contributed by atoms with Crippen LogP contribution < -0.4 is 5.73 Å². The summed E-state index contributed by atoms with van der Waals surface area (Å²) in [5.74, 6) is -1.74. The quantitative estimate of drug-likeness (QED) is 0.333. The van der Waals surface area contributed by atoms with Gasteiger partial charge in [-0.15, -0.1) is 11.3 Å². The number of carbonyl (C=O) groups is 3. The SMILES string of the molecule is CS(=O)(=O)c1ccc(C(=O)OC2(C(N)=O)CCC(CCN3CCC(C(=O)c4ccc(F)cc4Cl)CC3)CC2)s1. The lowest BCUT2D eigenvalue weighted by atomic mass is 9.77. The van der Waals surface area contributed by atoms with Gasteiger partial charge in [-0.3, -0.25) is 9.59 Å².